The number of carbonyl (C=O) groups excluding carboxylic acids is 1. The lowest BCUT2D eigenvalue weighted by atomic mass is 10.3. The number of nitrogens with one attached hydrogen (secondary N) is 1. The van der Waals surface area contributed by atoms with Crippen LogP contribution >= 0.6 is 0 Å². The first-order chi connectivity index (χ1) is 12.5. The van der Waals surface area contributed by atoms with Crippen molar-refractivity contribution >= 4 is 26.1 Å². The minimum atomic E-state index is -4.05. The van der Waals surface area contributed by atoms with Gasteiger partial charge in [0.05, 0.1) is 37.9 Å². The van der Waals surface area contributed by atoms with Crippen LogP contribution in [0.3, 0.4) is 0 Å². The highest BCUT2D eigenvalue weighted by atomic mass is 32.2. The van der Waals surface area contributed by atoms with Crippen molar-refractivity contribution in [1.82, 2.24) is 10.2 Å². The standard InChI is InChI=1S/C14H30N2O9S2/c1-14(17)15-4-8-24-10-11-25-9-7-16(5-2-12-26(18,19)20)6-3-13-27(21,22)23/h2-13H2,1H3,(H,15,17)(H,18,19,20)(H,21,22,23). The predicted octanol–water partition coefficient (Wildman–Crippen LogP) is -0.986. The van der Waals surface area contributed by atoms with Gasteiger partial charge in [0.1, 0.15) is 0 Å². The van der Waals surface area contributed by atoms with Gasteiger partial charge >= 0.3 is 0 Å². The number of nitrogens with zero attached hydrogens (tertiary/aromatic N) is 1. The van der Waals surface area contributed by atoms with Crippen molar-refractivity contribution in [2.24, 2.45) is 0 Å². The summed E-state index contributed by atoms with van der Waals surface area (Å²) in [6.45, 7) is 4.33. The van der Waals surface area contributed by atoms with E-state index in [0.29, 0.717) is 52.6 Å². The highest BCUT2D eigenvalue weighted by molar-refractivity contribution is 7.86. The van der Waals surface area contributed by atoms with Crippen molar-refractivity contribution in [3.8, 4) is 0 Å². The van der Waals surface area contributed by atoms with E-state index < -0.39 is 20.2 Å². The molecule has 27 heavy (non-hydrogen) atoms. The molecule has 13 heteroatoms. The maximum atomic E-state index is 10.8. The van der Waals surface area contributed by atoms with Gasteiger partial charge in [-0.1, -0.05) is 0 Å². The molecule has 0 aromatic rings. The first-order valence-corrected chi connectivity index (χ1v) is 11.7. The third-order valence-electron chi connectivity index (χ3n) is 3.30. The highest BCUT2D eigenvalue weighted by Crippen LogP contribution is 1.99. The van der Waals surface area contributed by atoms with Crippen LogP contribution in [0.1, 0.15) is 19.8 Å². The third-order valence-corrected chi connectivity index (χ3v) is 4.91. The first kappa shape index (κ1) is 26.2. The fraction of sp³-hybridized carbons (Fsp3) is 0.929. The zero-order valence-corrected chi connectivity index (χ0v) is 17.1. The average molecular weight is 435 g/mol. The number of hydrogen-bond acceptors (Lipinski definition) is 8. The molecule has 0 saturated carbocycles. The summed E-state index contributed by atoms with van der Waals surface area (Å²) in [5.41, 5.74) is 0. The molecule has 0 unspecified atom stereocenters. The Morgan fingerprint density at radius 2 is 1.33 bits per heavy atom. The molecule has 0 bridgehead atoms. The average Bonchev–Trinajstić information content (AvgIpc) is 2.50. The molecule has 0 radical (unpaired) electrons. The van der Waals surface area contributed by atoms with E-state index in [1.165, 1.54) is 6.92 Å². The summed E-state index contributed by atoms with van der Waals surface area (Å²) in [6.07, 6.45) is 0.383. The van der Waals surface area contributed by atoms with Gasteiger partial charge in [-0.3, -0.25) is 13.9 Å². The van der Waals surface area contributed by atoms with E-state index in [1.807, 2.05) is 0 Å². The fourth-order valence-corrected chi connectivity index (χ4v) is 3.08. The SMILES string of the molecule is CC(=O)NCCOCCOCCN(CCCS(=O)(=O)O)CCCS(=O)(=O)O. The van der Waals surface area contributed by atoms with Crippen molar-refractivity contribution < 1.29 is 40.2 Å². The molecule has 0 spiro atoms. The van der Waals surface area contributed by atoms with Gasteiger partial charge in [0.25, 0.3) is 20.2 Å². The van der Waals surface area contributed by atoms with Crippen LogP contribution in [0, 0.1) is 0 Å². The maximum Gasteiger partial charge on any atom is 0.264 e. The molecule has 1 amide bonds. The third kappa shape index (κ3) is 21.3. The molecule has 0 rings (SSSR count). The van der Waals surface area contributed by atoms with Crippen LogP contribution < -0.4 is 5.32 Å². The van der Waals surface area contributed by atoms with Crippen molar-refractivity contribution in [2.45, 2.75) is 19.8 Å². The Morgan fingerprint density at radius 1 is 0.852 bits per heavy atom. The summed E-state index contributed by atoms with van der Waals surface area (Å²) in [5.74, 6) is -0.895. The number of amides is 1. The summed E-state index contributed by atoms with van der Waals surface area (Å²) in [7, 11) is -8.09. The minimum absolute atomic E-state index is 0.127. The lowest BCUT2D eigenvalue weighted by Crippen LogP contribution is -2.32. The lowest BCUT2D eigenvalue weighted by molar-refractivity contribution is -0.119. The molecule has 0 heterocycles. The second kappa shape index (κ2) is 14.2. The van der Waals surface area contributed by atoms with Crippen molar-refractivity contribution in [3.63, 3.8) is 0 Å². The molecule has 0 aliphatic rings. The largest absolute Gasteiger partial charge is 0.378 e. The maximum absolute atomic E-state index is 10.8. The van der Waals surface area contributed by atoms with Gasteiger partial charge in [-0.25, -0.2) is 0 Å². The number of carbonyl (C=O) groups is 1. The summed E-state index contributed by atoms with van der Waals surface area (Å²) in [4.78, 5) is 12.5. The molecule has 0 aliphatic carbocycles. The van der Waals surface area contributed by atoms with Crippen LogP contribution in [0.2, 0.25) is 0 Å². The number of rotatable bonds is 17. The van der Waals surface area contributed by atoms with Crippen molar-refractivity contribution in [2.75, 3.05) is 64.1 Å². The molecule has 0 atom stereocenters. The molecule has 0 aliphatic heterocycles. The van der Waals surface area contributed by atoms with Gasteiger partial charge in [-0.15, -0.1) is 0 Å². The summed E-state index contributed by atoms with van der Waals surface area (Å²) in [5, 5.41) is 2.59. The quantitative estimate of drug-likeness (QED) is 0.192. The Kier molecular flexibility index (Phi) is 13.8. The van der Waals surface area contributed by atoms with Crippen molar-refractivity contribution in [1.29, 1.82) is 0 Å². The highest BCUT2D eigenvalue weighted by Gasteiger charge is 2.11. The van der Waals surface area contributed by atoms with E-state index in [9.17, 15) is 21.6 Å². The normalized spacial score (nSPS) is 12.4. The predicted molar refractivity (Wildman–Crippen MR) is 98.8 cm³/mol. The molecule has 162 valence electrons. The zero-order chi connectivity index (χ0) is 20.8. The molecular formula is C14H30N2O9S2. The molecule has 3 N–H and O–H groups in total. The monoisotopic (exact) mass is 434 g/mol. The fourth-order valence-electron chi connectivity index (χ4n) is 2.09. The number of ether oxygens (including phenoxy) is 2. The van der Waals surface area contributed by atoms with E-state index >= 15 is 0 Å². The Bertz CT molecular complexity index is 570. The topological polar surface area (TPSA) is 160 Å². The molecule has 0 fully saturated rings. The van der Waals surface area contributed by atoms with Gasteiger partial charge in [0.2, 0.25) is 5.91 Å². The summed E-state index contributed by atoms with van der Waals surface area (Å²) >= 11 is 0. The second-order valence-corrected chi connectivity index (χ2v) is 8.97. The Hall–Kier alpha value is -0.830. The second-order valence-electron chi connectivity index (χ2n) is 5.83. The van der Waals surface area contributed by atoms with Crippen LogP contribution in [0.4, 0.5) is 0 Å². The van der Waals surface area contributed by atoms with E-state index in [4.69, 9.17) is 18.6 Å². The Labute approximate surface area is 160 Å². The van der Waals surface area contributed by atoms with Crippen LogP contribution in [-0.4, -0.2) is 101 Å². The van der Waals surface area contributed by atoms with Crippen LogP contribution in [0.15, 0.2) is 0 Å². The van der Waals surface area contributed by atoms with E-state index in [1.54, 1.807) is 4.90 Å². The van der Waals surface area contributed by atoms with E-state index in [0.717, 1.165) is 0 Å². The molecule has 0 saturated heterocycles. The van der Waals surface area contributed by atoms with Crippen LogP contribution in [0.25, 0.3) is 0 Å². The molecular weight excluding hydrogens is 404 g/mol. The zero-order valence-electron chi connectivity index (χ0n) is 15.5. The van der Waals surface area contributed by atoms with E-state index in [-0.39, 0.29) is 30.3 Å². The smallest absolute Gasteiger partial charge is 0.264 e. The molecule has 0 aromatic carbocycles. The lowest BCUT2D eigenvalue weighted by Gasteiger charge is -2.21. The molecule has 0 aromatic heterocycles. The van der Waals surface area contributed by atoms with Gasteiger partial charge in [0, 0.05) is 20.0 Å². The van der Waals surface area contributed by atoms with Gasteiger partial charge < -0.3 is 19.7 Å². The van der Waals surface area contributed by atoms with Crippen LogP contribution in [-0.2, 0) is 34.5 Å². The summed E-state index contributed by atoms with van der Waals surface area (Å²) in [6, 6.07) is 0. The van der Waals surface area contributed by atoms with Crippen molar-refractivity contribution in [3.05, 3.63) is 0 Å². The molecule has 11 nitrogen and oxygen atoms in total. The van der Waals surface area contributed by atoms with E-state index in [2.05, 4.69) is 5.32 Å². The Balaban J connectivity index is 3.98. The number of hydrogen-bond donors (Lipinski definition) is 3. The summed E-state index contributed by atoms with van der Waals surface area (Å²) < 4.78 is 71.2. The van der Waals surface area contributed by atoms with Crippen LogP contribution in [0.5, 0.6) is 0 Å². The first-order valence-electron chi connectivity index (χ1n) is 8.52. The minimum Gasteiger partial charge on any atom is -0.378 e. The van der Waals surface area contributed by atoms with Gasteiger partial charge in [-0.2, -0.15) is 16.8 Å². The van der Waals surface area contributed by atoms with Gasteiger partial charge in [0.15, 0.2) is 0 Å². The van der Waals surface area contributed by atoms with Gasteiger partial charge in [-0.05, 0) is 25.9 Å². The Morgan fingerprint density at radius 3 is 1.78 bits per heavy atom.